The van der Waals surface area contributed by atoms with Crippen LogP contribution in [0.2, 0.25) is 0 Å². The Hall–Kier alpha value is -4.31. The summed E-state index contributed by atoms with van der Waals surface area (Å²) in [4.78, 5) is 39.7. The van der Waals surface area contributed by atoms with Crippen LogP contribution < -0.4 is 20.1 Å². The van der Waals surface area contributed by atoms with Crippen LogP contribution in [0.4, 0.5) is 5.69 Å². The molecule has 1 fully saturated rings. The molecule has 218 valence electrons. The number of carbonyl (C=O) groups is 3. The zero-order valence-electron chi connectivity index (χ0n) is 23.7. The van der Waals surface area contributed by atoms with Gasteiger partial charge in [0.25, 0.3) is 0 Å². The fourth-order valence-electron chi connectivity index (χ4n) is 5.10. The lowest BCUT2D eigenvalue weighted by Gasteiger charge is -2.13. The van der Waals surface area contributed by atoms with Crippen molar-refractivity contribution in [1.29, 1.82) is 0 Å². The number of fused-ring (bicyclic) bond motifs is 1. The second-order valence-electron chi connectivity index (χ2n) is 10.3. The fraction of sp³-hybridized carbons (Fsp3) is 0.312. The summed E-state index contributed by atoms with van der Waals surface area (Å²) < 4.78 is 14.1. The molecule has 10 heteroatoms. The van der Waals surface area contributed by atoms with Gasteiger partial charge >= 0.3 is 0 Å². The average Bonchev–Trinajstić information content (AvgIpc) is 3.65. The molecule has 0 aliphatic heterocycles. The zero-order chi connectivity index (χ0) is 29.5. The van der Waals surface area contributed by atoms with Gasteiger partial charge < -0.3 is 19.4 Å². The standard InChI is InChI=1S/C32H34N4O5S/c1-36-28-18-26(41-25-13-9-23(10-14-25)34-31(38)22-5-3-4-6-22)15-16-27(28)35-30(36)19-40-24-11-7-21(8-12-24)17-29(42-2)32(39)33-20-37/h7-16,18,20,22,29H,3-6,17,19H2,1-2H3,(H,34,38)(H,33,37,39)/t29-/m1/s1. The molecule has 1 aliphatic rings. The Morgan fingerprint density at radius 3 is 2.40 bits per heavy atom. The van der Waals surface area contributed by atoms with Gasteiger partial charge in [-0.25, -0.2) is 4.98 Å². The number of imide groups is 1. The van der Waals surface area contributed by atoms with Gasteiger partial charge in [-0.3, -0.25) is 19.7 Å². The summed E-state index contributed by atoms with van der Waals surface area (Å²) in [6.07, 6.45) is 6.96. The van der Waals surface area contributed by atoms with Crippen molar-refractivity contribution in [1.82, 2.24) is 14.9 Å². The van der Waals surface area contributed by atoms with Gasteiger partial charge in [-0.05, 0) is 79.6 Å². The maximum Gasteiger partial charge on any atom is 0.239 e. The summed E-state index contributed by atoms with van der Waals surface area (Å²) in [5, 5.41) is 4.89. The van der Waals surface area contributed by atoms with E-state index < -0.39 is 0 Å². The van der Waals surface area contributed by atoms with Gasteiger partial charge in [-0.2, -0.15) is 11.8 Å². The number of nitrogens with one attached hydrogen (secondary N) is 2. The third-order valence-electron chi connectivity index (χ3n) is 7.52. The number of hydrogen-bond acceptors (Lipinski definition) is 7. The number of imidazole rings is 1. The molecule has 5 rings (SSSR count). The molecular weight excluding hydrogens is 552 g/mol. The van der Waals surface area contributed by atoms with Crippen molar-refractivity contribution in [2.75, 3.05) is 11.6 Å². The fourth-order valence-corrected chi connectivity index (χ4v) is 5.75. The van der Waals surface area contributed by atoms with Crippen LogP contribution in [0.3, 0.4) is 0 Å². The van der Waals surface area contributed by atoms with Gasteiger partial charge in [-0.15, -0.1) is 0 Å². The van der Waals surface area contributed by atoms with E-state index in [2.05, 4.69) is 10.6 Å². The third kappa shape index (κ3) is 7.12. The van der Waals surface area contributed by atoms with E-state index in [0.717, 1.165) is 53.8 Å². The quantitative estimate of drug-likeness (QED) is 0.207. The van der Waals surface area contributed by atoms with Gasteiger partial charge in [0.2, 0.25) is 18.2 Å². The Balaban J connectivity index is 1.18. The lowest BCUT2D eigenvalue weighted by Crippen LogP contribution is -2.32. The van der Waals surface area contributed by atoms with Crippen molar-refractivity contribution in [3.63, 3.8) is 0 Å². The van der Waals surface area contributed by atoms with E-state index in [4.69, 9.17) is 14.5 Å². The lowest BCUT2D eigenvalue weighted by atomic mass is 10.1. The molecule has 0 unspecified atom stereocenters. The Morgan fingerprint density at radius 1 is 1.02 bits per heavy atom. The van der Waals surface area contributed by atoms with Crippen LogP contribution in [0.5, 0.6) is 17.2 Å². The molecule has 1 aliphatic carbocycles. The normalized spacial score (nSPS) is 14.0. The molecule has 1 heterocycles. The summed E-state index contributed by atoms with van der Waals surface area (Å²) in [6, 6.07) is 20.7. The molecule has 9 nitrogen and oxygen atoms in total. The predicted octanol–water partition coefficient (Wildman–Crippen LogP) is 5.62. The number of ether oxygens (including phenoxy) is 2. The maximum atomic E-state index is 12.4. The molecule has 0 spiro atoms. The molecule has 3 amide bonds. The largest absolute Gasteiger partial charge is 0.486 e. The number of carbonyl (C=O) groups excluding carboxylic acids is 3. The number of thioether (sulfide) groups is 1. The summed E-state index contributed by atoms with van der Waals surface area (Å²) >= 11 is 1.40. The Labute approximate surface area is 249 Å². The Morgan fingerprint density at radius 2 is 1.71 bits per heavy atom. The van der Waals surface area contributed by atoms with Gasteiger partial charge in [0, 0.05) is 24.7 Å². The molecule has 0 radical (unpaired) electrons. The molecule has 1 atom stereocenters. The second kappa shape index (κ2) is 13.6. The molecule has 1 aromatic heterocycles. The van der Waals surface area contributed by atoms with E-state index in [0.29, 0.717) is 30.1 Å². The summed E-state index contributed by atoms with van der Waals surface area (Å²) in [6.45, 7) is 0.282. The smallest absolute Gasteiger partial charge is 0.239 e. The van der Waals surface area contributed by atoms with Crippen LogP contribution in [-0.4, -0.2) is 39.3 Å². The van der Waals surface area contributed by atoms with E-state index >= 15 is 0 Å². The first kappa shape index (κ1) is 29.2. The van der Waals surface area contributed by atoms with Crippen LogP contribution in [0, 0.1) is 5.92 Å². The van der Waals surface area contributed by atoms with Crippen molar-refractivity contribution in [3.8, 4) is 17.2 Å². The van der Waals surface area contributed by atoms with Crippen molar-refractivity contribution in [2.45, 2.75) is 44.0 Å². The number of benzene rings is 3. The molecule has 1 saturated carbocycles. The summed E-state index contributed by atoms with van der Waals surface area (Å²) in [5.41, 5.74) is 3.49. The molecule has 3 aromatic carbocycles. The van der Waals surface area contributed by atoms with Crippen LogP contribution in [0.1, 0.15) is 37.1 Å². The zero-order valence-corrected chi connectivity index (χ0v) is 24.5. The molecular formula is C32H34N4O5S. The number of rotatable bonds is 12. The highest BCUT2D eigenvalue weighted by Gasteiger charge is 2.22. The third-order valence-corrected chi connectivity index (χ3v) is 8.47. The van der Waals surface area contributed by atoms with E-state index in [1.54, 1.807) is 0 Å². The van der Waals surface area contributed by atoms with E-state index in [1.807, 2.05) is 84.6 Å². The SMILES string of the molecule is CS[C@H](Cc1ccc(OCc2nc3ccc(Oc4ccc(NC(=O)C5CCCC5)cc4)cc3n2C)cc1)C(=O)NC=O. The number of anilines is 1. The van der Waals surface area contributed by atoms with Crippen LogP contribution in [-0.2, 0) is 34.5 Å². The molecule has 42 heavy (non-hydrogen) atoms. The Bertz CT molecular complexity index is 1550. The monoisotopic (exact) mass is 586 g/mol. The van der Waals surface area contributed by atoms with Crippen LogP contribution in [0.25, 0.3) is 11.0 Å². The van der Waals surface area contributed by atoms with Crippen LogP contribution in [0.15, 0.2) is 66.7 Å². The molecule has 4 aromatic rings. The molecule has 2 N–H and O–H groups in total. The first-order valence-electron chi connectivity index (χ1n) is 14.0. The number of nitrogens with zero attached hydrogens (tertiary/aromatic N) is 2. The first-order valence-corrected chi connectivity index (χ1v) is 15.2. The lowest BCUT2D eigenvalue weighted by molar-refractivity contribution is -0.125. The highest BCUT2D eigenvalue weighted by Crippen LogP contribution is 2.29. The van der Waals surface area contributed by atoms with Crippen LogP contribution >= 0.6 is 11.8 Å². The highest BCUT2D eigenvalue weighted by atomic mass is 32.2. The number of hydrogen-bond donors (Lipinski definition) is 2. The first-order chi connectivity index (χ1) is 20.4. The maximum absolute atomic E-state index is 12.4. The van der Waals surface area contributed by atoms with E-state index in [1.165, 1.54) is 11.8 Å². The van der Waals surface area contributed by atoms with E-state index in [-0.39, 0.29) is 29.6 Å². The predicted molar refractivity (Wildman–Crippen MR) is 164 cm³/mol. The minimum atomic E-state index is -0.343. The molecule has 0 saturated heterocycles. The highest BCUT2D eigenvalue weighted by molar-refractivity contribution is 7.99. The molecule has 0 bridgehead atoms. The van der Waals surface area contributed by atoms with E-state index in [9.17, 15) is 14.4 Å². The average molecular weight is 587 g/mol. The number of aryl methyl sites for hydroxylation is 1. The summed E-state index contributed by atoms with van der Waals surface area (Å²) in [5.74, 6) is 2.74. The van der Waals surface area contributed by atoms with Gasteiger partial charge in [0.05, 0.1) is 16.3 Å². The van der Waals surface area contributed by atoms with Crippen molar-refractivity contribution in [2.24, 2.45) is 13.0 Å². The Kier molecular flexibility index (Phi) is 9.43. The minimum absolute atomic E-state index is 0.0989. The number of aromatic nitrogens is 2. The summed E-state index contributed by atoms with van der Waals surface area (Å²) in [7, 11) is 1.94. The topological polar surface area (TPSA) is 112 Å². The van der Waals surface area contributed by atoms with Gasteiger partial charge in [0.15, 0.2) is 0 Å². The van der Waals surface area contributed by atoms with Crippen molar-refractivity contribution < 1.29 is 23.9 Å². The van der Waals surface area contributed by atoms with Crippen molar-refractivity contribution >= 4 is 46.7 Å². The minimum Gasteiger partial charge on any atom is -0.486 e. The number of amides is 3. The van der Waals surface area contributed by atoms with Gasteiger partial charge in [0.1, 0.15) is 29.7 Å². The van der Waals surface area contributed by atoms with Crippen molar-refractivity contribution in [3.05, 3.63) is 78.1 Å². The second-order valence-corrected chi connectivity index (χ2v) is 11.4. The van der Waals surface area contributed by atoms with Gasteiger partial charge in [-0.1, -0.05) is 25.0 Å².